The first-order chi connectivity index (χ1) is 15.8. The summed E-state index contributed by atoms with van der Waals surface area (Å²) in [5, 5.41) is 8.04. The highest BCUT2D eigenvalue weighted by molar-refractivity contribution is 6.00. The van der Waals surface area contributed by atoms with E-state index in [1.54, 1.807) is 7.11 Å². The van der Waals surface area contributed by atoms with Gasteiger partial charge in [-0.25, -0.2) is 0 Å². The van der Waals surface area contributed by atoms with Crippen LogP contribution in [-0.2, 0) is 11.3 Å². The molecule has 2 heterocycles. The maximum Gasteiger partial charge on any atom is 0.255 e. The van der Waals surface area contributed by atoms with Crippen LogP contribution in [0.25, 0.3) is 11.3 Å². The summed E-state index contributed by atoms with van der Waals surface area (Å²) in [5.41, 5.74) is 3.24. The minimum atomic E-state index is -0.105. The van der Waals surface area contributed by atoms with Crippen LogP contribution in [0.4, 0.5) is 0 Å². The normalized spacial score (nSPS) is 18.7. The molecule has 4 rings (SSSR count). The van der Waals surface area contributed by atoms with Crippen molar-refractivity contribution >= 4 is 5.91 Å². The predicted octanol–water partition coefficient (Wildman–Crippen LogP) is 4.93. The molecule has 2 atom stereocenters. The lowest BCUT2D eigenvalue weighted by Gasteiger charge is -2.37. The molecule has 1 N–H and O–H groups in total. The summed E-state index contributed by atoms with van der Waals surface area (Å²) in [4.78, 5) is 13.4. The van der Waals surface area contributed by atoms with Crippen LogP contribution in [0, 0.1) is 5.41 Å². The third kappa shape index (κ3) is 5.63. The Kier molecular flexibility index (Phi) is 6.84. The molecule has 6 heteroatoms. The monoisotopic (exact) mass is 447 g/mol. The van der Waals surface area contributed by atoms with Crippen LogP contribution in [0.2, 0.25) is 0 Å². The molecule has 3 aromatic rings. The topological polar surface area (TPSA) is 65.4 Å². The Morgan fingerprint density at radius 3 is 2.70 bits per heavy atom. The van der Waals surface area contributed by atoms with Gasteiger partial charge in [0.1, 0.15) is 11.4 Å². The number of ether oxygens (including phenoxy) is 2. The first-order valence-electron chi connectivity index (χ1n) is 11.5. The molecule has 0 radical (unpaired) electrons. The number of carbonyl (C=O) groups excluding carboxylic acids is 1. The van der Waals surface area contributed by atoms with Crippen LogP contribution in [0.5, 0.6) is 5.75 Å². The standard InChI is InChI=1S/C27H33N3O3/c1-27(2,3)24-16-21(13-14-33-24)28-26(31)23-18-30(17-19-9-6-5-7-10-19)29-25(23)20-11-8-12-22(15-20)32-4/h5-12,15,18,21,24H,13-14,16-17H2,1-4H3,(H,28,31). The van der Waals surface area contributed by atoms with Gasteiger partial charge in [-0.05, 0) is 36.0 Å². The Labute approximate surface area is 195 Å². The molecular weight excluding hydrogens is 414 g/mol. The second-order valence-electron chi connectivity index (χ2n) is 9.73. The van der Waals surface area contributed by atoms with E-state index in [0.717, 1.165) is 29.7 Å². The number of nitrogens with one attached hydrogen (secondary N) is 1. The molecule has 174 valence electrons. The van der Waals surface area contributed by atoms with Crippen molar-refractivity contribution in [3.63, 3.8) is 0 Å². The van der Waals surface area contributed by atoms with Crippen LogP contribution < -0.4 is 10.1 Å². The maximum absolute atomic E-state index is 13.4. The molecule has 1 aliphatic heterocycles. The fourth-order valence-corrected chi connectivity index (χ4v) is 4.22. The molecule has 1 fully saturated rings. The van der Waals surface area contributed by atoms with Crippen LogP contribution in [0.3, 0.4) is 0 Å². The summed E-state index contributed by atoms with van der Waals surface area (Å²) < 4.78 is 13.2. The van der Waals surface area contributed by atoms with Crippen molar-refractivity contribution in [1.29, 1.82) is 0 Å². The second-order valence-corrected chi connectivity index (χ2v) is 9.73. The van der Waals surface area contributed by atoms with Crippen LogP contribution in [0.15, 0.2) is 60.8 Å². The third-order valence-electron chi connectivity index (χ3n) is 6.12. The summed E-state index contributed by atoms with van der Waals surface area (Å²) in [6.45, 7) is 7.78. The zero-order chi connectivity index (χ0) is 23.4. The summed E-state index contributed by atoms with van der Waals surface area (Å²) in [5.74, 6) is 0.626. The smallest absolute Gasteiger partial charge is 0.255 e. The largest absolute Gasteiger partial charge is 0.497 e. The molecule has 1 aromatic heterocycles. The number of hydrogen-bond acceptors (Lipinski definition) is 4. The van der Waals surface area contributed by atoms with Gasteiger partial charge < -0.3 is 14.8 Å². The fourth-order valence-electron chi connectivity index (χ4n) is 4.22. The van der Waals surface area contributed by atoms with Gasteiger partial charge in [0.15, 0.2) is 0 Å². The molecule has 1 amide bonds. The number of amides is 1. The molecule has 0 bridgehead atoms. The van der Waals surface area contributed by atoms with Crippen molar-refractivity contribution in [3.05, 3.63) is 71.9 Å². The van der Waals surface area contributed by atoms with Crippen LogP contribution in [-0.4, -0.2) is 41.6 Å². The van der Waals surface area contributed by atoms with Gasteiger partial charge in [-0.1, -0.05) is 63.2 Å². The number of rotatable bonds is 6. The summed E-state index contributed by atoms with van der Waals surface area (Å²) in [7, 11) is 1.64. The van der Waals surface area contributed by atoms with E-state index in [-0.39, 0.29) is 23.5 Å². The van der Waals surface area contributed by atoms with Crippen LogP contribution >= 0.6 is 0 Å². The number of aromatic nitrogens is 2. The highest BCUT2D eigenvalue weighted by atomic mass is 16.5. The molecule has 0 aliphatic carbocycles. The van der Waals surface area contributed by atoms with Gasteiger partial charge in [-0.15, -0.1) is 0 Å². The lowest BCUT2D eigenvalue weighted by molar-refractivity contribution is -0.0569. The lowest BCUT2D eigenvalue weighted by atomic mass is 9.83. The first-order valence-corrected chi connectivity index (χ1v) is 11.5. The Hall–Kier alpha value is -3.12. The average molecular weight is 448 g/mol. The number of nitrogens with zero attached hydrogens (tertiary/aromatic N) is 2. The molecule has 0 saturated carbocycles. The Bertz CT molecular complexity index is 1090. The molecule has 1 aliphatic rings. The molecule has 2 aromatic carbocycles. The Morgan fingerprint density at radius 2 is 1.97 bits per heavy atom. The Balaban J connectivity index is 1.61. The van der Waals surface area contributed by atoms with Gasteiger partial charge in [0.2, 0.25) is 0 Å². The summed E-state index contributed by atoms with van der Waals surface area (Å²) in [6.07, 6.45) is 3.58. The van der Waals surface area contributed by atoms with Crippen molar-refractivity contribution in [2.75, 3.05) is 13.7 Å². The van der Waals surface area contributed by atoms with E-state index in [1.165, 1.54) is 0 Å². The zero-order valence-electron chi connectivity index (χ0n) is 19.9. The van der Waals surface area contributed by atoms with Gasteiger partial charge in [-0.2, -0.15) is 5.10 Å². The fraction of sp³-hybridized carbons (Fsp3) is 0.407. The molecular formula is C27H33N3O3. The summed E-state index contributed by atoms with van der Waals surface area (Å²) in [6, 6.07) is 17.9. The predicted molar refractivity (Wildman–Crippen MR) is 129 cm³/mol. The zero-order valence-corrected chi connectivity index (χ0v) is 19.9. The van der Waals surface area contributed by atoms with E-state index in [0.29, 0.717) is 24.4 Å². The van der Waals surface area contributed by atoms with E-state index < -0.39 is 0 Å². The van der Waals surface area contributed by atoms with E-state index >= 15 is 0 Å². The quantitative estimate of drug-likeness (QED) is 0.582. The third-order valence-corrected chi connectivity index (χ3v) is 6.12. The first kappa shape index (κ1) is 23.1. The number of methoxy groups -OCH3 is 1. The van der Waals surface area contributed by atoms with Crippen molar-refractivity contribution in [2.45, 2.75) is 52.3 Å². The summed E-state index contributed by atoms with van der Waals surface area (Å²) >= 11 is 0. The van der Waals surface area contributed by atoms with E-state index in [2.05, 4.69) is 38.2 Å². The molecule has 6 nitrogen and oxygen atoms in total. The van der Waals surface area contributed by atoms with E-state index in [9.17, 15) is 4.79 Å². The van der Waals surface area contributed by atoms with E-state index in [4.69, 9.17) is 14.6 Å². The van der Waals surface area contributed by atoms with Gasteiger partial charge in [-0.3, -0.25) is 9.48 Å². The van der Waals surface area contributed by atoms with Crippen molar-refractivity contribution in [3.8, 4) is 17.0 Å². The minimum absolute atomic E-state index is 0.0374. The number of carbonyl (C=O) groups is 1. The SMILES string of the molecule is COc1cccc(-c2nn(Cc3ccccc3)cc2C(=O)NC2CCOC(C(C)(C)C)C2)c1. The molecule has 0 spiro atoms. The van der Waals surface area contributed by atoms with Crippen molar-refractivity contribution in [1.82, 2.24) is 15.1 Å². The molecule has 1 saturated heterocycles. The number of benzene rings is 2. The highest BCUT2D eigenvalue weighted by Gasteiger charge is 2.33. The second kappa shape index (κ2) is 9.79. The maximum atomic E-state index is 13.4. The molecule has 2 unspecified atom stereocenters. The molecule has 33 heavy (non-hydrogen) atoms. The van der Waals surface area contributed by atoms with Gasteiger partial charge in [0, 0.05) is 24.4 Å². The van der Waals surface area contributed by atoms with Crippen molar-refractivity contribution < 1.29 is 14.3 Å². The van der Waals surface area contributed by atoms with Crippen LogP contribution in [0.1, 0.15) is 49.5 Å². The van der Waals surface area contributed by atoms with Crippen molar-refractivity contribution in [2.24, 2.45) is 5.41 Å². The van der Waals surface area contributed by atoms with Gasteiger partial charge >= 0.3 is 0 Å². The van der Waals surface area contributed by atoms with Gasteiger partial charge in [0.25, 0.3) is 5.91 Å². The number of hydrogen-bond donors (Lipinski definition) is 1. The highest BCUT2D eigenvalue weighted by Crippen LogP contribution is 2.30. The average Bonchev–Trinajstić information content (AvgIpc) is 3.23. The Morgan fingerprint density at radius 1 is 1.18 bits per heavy atom. The van der Waals surface area contributed by atoms with Gasteiger partial charge in [0.05, 0.1) is 25.3 Å². The lowest BCUT2D eigenvalue weighted by Crippen LogP contribution is -2.45. The minimum Gasteiger partial charge on any atom is -0.497 e. The van der Waals surface area contributed by atoms with E-state index in [1.807, 2.05) is 53.3 Å².